The summed E-state index contributed by atoms with van der Waals surface area (Å²) in [5.74, 6) is 0.320. The molecule has 31 heavy (non-hydrogen) atoms. The number of nitrogens with one attached hydrogen (secondary N) is 1. The monoisotopic (exact) mass is 425 g/mol. The number of hydrogen-bond donors (Lipinski definition) is 1. The van der Waals surface area contributed by atoms with Crippen molar-refractivity contribution in [1.82, 2.24) is 15.1 Å². The van der Waals surface area contributed by atoms with E-state index in [2.05, 4.69) is 5.32 Å². The third-order valence-electron chi connectivity index (χ3n) is 7.28. The number of benzene rings is 1. The van der Waals surface area contributed by atoms with Crippen molar-refractivity contribution in [2.45, 2.75) is 70.4 Å². The molecule has 4 unspecified atom stereocenters. The lowest BCUT2D eigenvalue weighted by atomic mass is 9.84. The Bertz CT molecular complexity index is 796. The number of nitrogens with zero attached hydrogens (tertiary/aromatic N) is 2. The van der Waals surface area contributed by atoms with Gasteiger partial charge < -0.3 is 15.1 Å². The summed E-state index contributed by atoms with van der Waals surface area (Å²) in [5, 5.41) is 2.98. The van der Waals surface area contributed by atoms with E-state index in [0.29, 0.717) is 31.1 Å². The van der Waals surface area contributed by atoms with Gasteiger partial charge in [-0.05, 0) is 56.6 Å². The summed E-state index contributed by atoms with van der Waals surface area (Å²) in [7, 11) is 0. The normalized spacial score (nSPS) is 28.2. The van der Waals surface area contributed by atoms with Crippen molar-refractivity contribution in [3.63, 3.8) is 0 Å². The van der Waals surface area contributed by atoms with Gasteiger partial charge in [-0.25, -0.2) is 0 Å². The van der Waals surface area contributed by atoms with Crippen LogP contribution in [-0.2, 0) is 9.59 Å². The minimum atomic E-state index is -0.404. The van der Waals surface area contributed by atoms with Crippen LogP contribution in [0.5, 0.6) is 0 Å². The Balaban J connectivity index is 1.52. The van der Waals surface area contributed by atoms with E-state index < -0.39 is 6.04 Å². The topological polar surface area (TPSA) is 69.7 Å². The fourth-order valence-corrected chi connectivity index (χ4v) is 5.70. The van der Waals surface area contributed by atoms with Gasteiger partial charge in [0.05, 0.1) is 5.92 Å². The average Bonchev–Trinajstić information content (AvgIpc) is 3.21. The molecule has 4 atom stereocenters. The molecule has 0 bridgehead atoms. The third kappa shape index (κ3) is 4.63. The molecule has 6 heteroatoms. The molecule has 3 amide bonds. The van der Waals surface area contributed by atoms with Gasteiger partial charge >= 0.3 is 0 Å². The number of hydrogen-bond acceptors (Lipinski definition) is 3. The molecule has 2 heterocycles. The van der Waals surface area contributed by atoms with Crippen LogP contribution in [0.4, 0.5) is 0 Å². The number of carbonyl (C=O) groups excluding carboxylic acids is 3. The highest BCUT2D eigenvalue weighted by Gasteiger charge is 2.49. The van der Waals surface area contributed by atoms with Gasteiger partial charge in [0.25, 0.3) is 5.91 Å². The maximum atomic E-state index is 13.7. The zero-order chi connectivity index (χ0) is 21.8. The van der Waals surface area contributed by atoms with Crippen molar-refractivity contribution in [3.8, 4) is 0 Å². The summed E-state index contributed by atoms with van der Waals surface area (Å²) in [6.45, 7) is 3.85. The number of fused-ring (bicyclic) bond motifs is 1. The molecule has 1 aromatic rings. The van der Waals surface area contributed by atoms with E-state index >= 15 is 0 Å². The van der Waals surface area contributed by atoms with Gasteiger partial charge in [0.1, 0.15) is 6.04 Å². The highest BCUT2D eigenvalue weighted by atomic mass is 16.2. The minimum absolute atomic E-state index is 0.0254. The molecule has 2 saturated heterocycles. The van der Waals surface area contributed by atoms with Crippen LogP contribution in [0, 0.1) is 11.8 Å². The SMILES string of the molecule is CCCNC(=O)C1CCCN(C(=O)C2CC3CCCCC3N2C(=O)c2ccccc2)C1. The van der Waals surface area contributed by atoms with E-state index in [1.54, 1.807) is 0 Å². The van der Waals surface area contributed by atoms with E-state index in [0.717, 1.165) is 44.9 Å². The van der Waals surface area contributed by atoms with Gasteiger partial charge in [0.2, 0.25) is 11.8 Å². The van der Waals surface area contributed by atoms with Crippen LogP contribution in [0.3, 0.4) is 0 Å². The molecule has 1 aromatic carbocycles. The summed E-state index contributed by atoms with van der Waals surface area (Å²) >= 11 is 0. The molecule has 0 radical (unpaired) electrons. The predicted octanol–water partition coefficient (Wildman–Crippen LogP) is 3.22. The Morgan fingerprint density at radius 2 is 1.81 bits per heavy atom. The largest absolute Gasteiger partial charge is 0.356 e. The van der Waals surface area contributed by atoms with Gasteiger partial charge in [-0.15, -0.1) is 0 Å². The minimum Gasteiger partial charge on any atom is -0.356 e. The van der Waals surface area contributed by atoms with Crippen LogP contribution in [0.15, 0.2) is 30.3 Å². The van der Waals surface area contributed by atoms with Crippen LogP contribution in [0.2, 0.25) is 0 Å². The fourth-order valence-electron chi connectivity index (χ4n) is 5.70. The Morgan fingerprint density at radius 3 is 2.58 bits per heavy atom. The quantitative estimate of drug-likeness (QED) is 0.787. The average molecular weight is 426 g/mol. The number of piperidine rings is 1. The lowest BCUT2D eigenvalue weighted by Crippen LogP contribution is -2.53. The number of rotatable bonds is 5. The molecule has 4 rings (SSSR count). The zero-order valence-electron chi connectivity index (χ0n) is 18.6. The van der Waals surface area contributed by atoms with Gasteiger partial charge in [0.15, 0.2) is 0 Å². The van der Waals surface area contributed by atoms with Crippen LogP contribution < -0.4 is 5.32 Å². The summed E-state index contributed by atoms with van der Waals surface area (Å²) < 4.78 is 0. The maximum Gasteiger partial charge on any atom is 0.254 e. The van der Waals surface area contributed by atoms with Crippen molar-refractivity contribution < 1.29 is 14.4 Å². The van der Waals surface area contributed by atoms with E-state index in [9.17, 15) is 14.4 Å². The molecule has 2 aliphatic heterocycles. The van der Waals surface area contributed by atoms with Crippen LogP contribution in [0.25, 0.3) is 0 Å². The molecule has 0 spiro atoms. The lowest BCUT2D eigenvalue weighted by molar-refractivity contribution is -0.139. The molecule has 1 saturated carbocycles. The Morgan fingerprint density at radius 1 is 1.03 bits per heavy atom. The highest BCUT2D eigenvalue weighted by Crippen LogP contribution is 2.41. The Labute approximate surface area is 185 Å². The van der Waals surface area contributed by atoms with Crippen molar-refractivity contribution in [1.29, 1.82) is 0 Å². The number of likely N-dealkylation sites (tertiary alicyclic amines) is 2. The Hall–Kier alpha value is -2.37. The fraction of sp³-hybridized carbons (Fsp3) is 0.640. The molecular weight excluding hydrogens is 390 g/mol. The summed E-state index contributed by atoms with van der Waals surface area (Å²) in [5.41, 5.74) is 0.655. The van der Waals surface area contributed by atoms with Crippen LogP contribution >= 0.6 is 0 Å². The predicted molar refractivity (Wildman–Crippen MR) is 119 cm³/mol. The number of carbonyl (C=O) groups is 3. The van der Waals surface area contributed by atoms with Crippen molar-refractivity contribution in [2.24, 2.45) is 11.8 Å². The van der Waals surface area contributed by atoms with E-state index in [4.69, 9.17) is 0 Å². The van der Waals surface area contributed by atoms with Gasteiger partial charge in [-0.3, -0.25) is 14.4 Å². The first-order valence-electron chi connectivity index (χ1n) is 12.0. The molecule has 6 nitrogen and oxygen atoms in total. The molecule has 1 aliphatic carbocycles. The first-order valence-corrected chi connectivity index (χ1v) is 12.0. The third-order valence-corrected chi connectivity index (χ3v) is 7.28. The van der Waals surface area contributed by atoms with Gasteiger partial charge in [0, 0.05) is 31.2 Å². The number of amides is 3. The standard InChI is InChI=1S/C25H35N3O3/c1-2-14-26-23(29)20-12-8-15-27(17-20)25(31)22-16-19-11-6-7-13-21(19)28(22)24(30)18-9-4-3-5-10-18/h3-5,9-10,19-22H,2,6-8,11-17H2,1H3,(H,26,29). The molecule has 168 valence electrons. The Kier molecular flexibility index (Phi) is 6.93. The van der Waals surface area contributed by atoms with Crippen LogP contribution in [-0.4, -0.2) is 59.2 Å². The van der Waals surface area contributed by atoms with Crippen LogP contribution in [0.1, 0.15) is 68.6 Å². The first-order chi connectivity index (χ1) is 15.1. The second kappa shape index (κ2) is 9.84. The smallest absolute Gasteiger partial charge is 0.254 e. The second-order valence-electron chi connectivity index (χ2n) is 9.36. The highest BCUT2D eigenvalue weighted by molar-refractivity contribution is 5.98. The zero-order valence-corrected chi connectivity index (χ0v) is 18.6. The van der Waals surface area contributed by atoms with E-state index in [1.807, 2.05) is 47.1 Å². The van der Waals surface area contributed by atoms with Gasteiger partial charge in [-0.2, -0.15) is 0 Å². The summed E-state index contributed by atoms with van der Waals surface area (Å²) in [6.07, 6.45) is 7.69. The van der Waals surface area contributed by atoms with Gasteiger partial charge in [-0.1, -0.05) is 38.0 Å². The first kappa shape index (κ1) is 21.8. The lowest BCUT2D eigenvalue weighted by Gasteiger charge is -2.37. The maximum absolute atomic E-state index is 13.7. The second-order valence-corrected chi connectivity index (χ2v) is 9.36. The van der Waals surface area contributed by atoms with Crippen molar-refractivity contribution in [2.75, 3.05) is 19.6 Å². The van der Waals surface area contributed by atoms with Crippen molar-refractivity contribution in [3.05, 3.63) is 35.9 Å². The van der Waals surface area contributed by atoms with E-state index in [-0.39, 0.29) is 29.7 Å². The molecule has 3 aliphatic rings. The summed E-state index contributed by atoms with van der Waals surface area (Å²) in [4.78, 5) is 43.4. The molecule has 1 N–H and O–H groups in total. The molecule has 3 fully saturated rings. The van der Waals surface area contributed by atoms with E-state index in [1.165, 1.54) is 6.42 Å². The summed E-state index contributed by atoms with van der Waals surface area (Å²) in [6, 6.07) is 9.10. The van der Waals surface area contributed by atoms with Crippen molar-refractivity contribution >= 4 is 17.7 Å². The molecular formula is C25H35N3O3. The molecule has 0 aromatic heterocycles.